The predicted octanol–water partition coefficient (Wildman–Crippen LogP) is 5.41. The molecule has 4 aromatic rings. The van der Waals surface area contributed by atoms with Gasteiger partial charge in [0, 0.05) is 46.8 Å². The van der Waals surface area contributed by atoms with Crippen LogP contribution in [0.2, 0.25) is 5.02 Å². The van der Waals surface area contributed by atoms with Gasteiger partial charge in [-0.3, -0.25) is 14.8 Å². The van der Waals surface area contributed by atoms with E-state index in [0.717, 1.165) is 16.7 Å². The van der Waals surface area contributed by atoms with Crippen molar-refractivity contribution in [3.8, 4) is 33.9 Å². The molecule has 2 aromatic carbocycles. The van der Waals surface area contributed by atoms with Crippen LogP contribution in [0.4, 0.5) is 0 Å². The van der Waals surface area contributed by atoms with E-state index in [1.54, 1.807) is 44.9 Å². The fraction of sp³-hybridized carbons (Fsp3) is 0.115. The van der Waals surface area contributed by atoms with Crippen molar-refractivity contribution < 1.29 is 14.3 Å². The van der Waals surface area contributed by atoms with Crippen molar-refractivity contribution in [2.24, 2.45) is 0 Å². The second-order valence-electron chi connectivity index (χ2n) is 7.24. The van der Waals surface area contributed by atoms with Gasteiger partial charge in [0.2, 0.25) is 0 Å². The van der Waals surface area contributed by atoms with Crippen LogP contribution in [-0.4, -0.2) is 30.1 Å². The fourth-order valence-corrected chi connectivity index (χ4v) is 3.66. The Morgan fingerprint density at radius 2 is 1.76 bits per heavy atom. The molecule has 0 saturated heterocycles. The number of carbonyl (C=O) groups excluding carboxylic acids is 1. The first kappa shape index (κ1) is 22.3. The van der Waals surface area contributed by atoms with E-state index in [1.807, 2.05) is 48.5 Å². The van der Waals surface area contributed by atoms with Crippen molar-refractivity contribution in [1.82, 2.24) is 15.3 Å². The van der Waals surface area contributed by atoms with Gasteiger partial charge in [-0.1, -0.05) is 35.9 Å². The van der Waals surface area contributed by atoms with Crippen LogP contribution in [0, 0.1) is 0 Å². The summed E-state index contributed by atoms with van der Waals surface area (Å²) in [6.07, 6.45) is 5.09. The van der Waals surface area contributed by atoms with Gasteiger partial charge in [-0.15, -0.1) is 0 Å². The standard InChI is InChI=1S/C26H22ClN3O3/c1-32-24-9-8-17(11-25(24)33-2)14-30-26(31)21-13-23(18-5-3-7-20(27)12-18)29-16-22(21)19-6-4-10-28-15-19/h3-13,15-16H,14H2,1-2H3,(H,30,31). The molecule has 2 heterocycles. The van der Waals surface area contributed by atoms with Crippen LogP contribution in [-0.2, 0) is 6.54 Å². The zero-order valence-electron chi connectivity index (χ0n) is 18.2. The van der Waals surface area contributed by atoms with E-state index < -0.39 is 0 Å². The number of ether oxygens (including phenoxy) is 2. The zero-order valence-corrected chi connectivity index (χ0v) is 19.0. The minimum absolute atomic E-state index is 0.227. The number of hydrogen-bond donors (Lipinski definition) is 1. The number of halogens is 1. The lowest BCUT2D eigenvalue weighted by Gasteiger charge is -2.13. The summed E-state index contributed by atoms with van der Waals surface area (Å²) in [6, 6.07) is 18.4. The summed E-state index contributed by atoms with van der Waals surface area (Å²) in [7, 11) is 3.16. The Bertz CT molecular complexity index is 1280. The van der Waals surface area contributed by atoms with Crippen molar-refractivity contribution >= 4 is 17.5 Å². The highest BCUT2D eigenvalue weighted by Crippen LogP contribution is 2.29. The number of nitrogens with one attached hydrogen (secondary N) is 1. The Kier molecular flexibility index (Phi) is 6.86. The van der Waals surface area contributed by atoms with E-state index in [-0.39, 0.29) is 5.91 Å². The third-order valence-corrected chi connectivity index (χ3v) is 5.38. The van der Waals surface area contributed by atoms with E-state index in [4.69, 9.17) is 21.1 Å². The number of amides is 1. The van der Waals surface area contributed by atoms with E-state index >= 15 is 0 Å². The number of methoxy groups -OCH3 is 2. The van der Waals surface area contributed by atoms with Crippen molar-refractivity contribution in [1.29, 1.82) is 0 Å². The van der Waals surface area contributed by atoms with Gasteiger partial charge in [-0.2, -0.15) is 0 Å². The maximum Gasteiger partial charge on any atom is 0.252 e. The van der Waals surface area contributed by atoms with Crippen LogP contribution in [0.25, 0.3) is 22.4 Å². The topological polar surface area (TPSA) is 73.3 Å². The van der Waals surface area contributed by atoms with Crippen molar-refractivity contribution in [2.75, 3.05) is 14.2 Å². The molecule has 0 aliphatic heterocycles. The number of rotatable bonds is 7. The summed E-state index contributed by atoms with van der Waals surface area (Å²) < 4.78 is 10.6. The molecule has 1 N–H and O–H groups in total. The van der Waals surface area contributed by atoms with E-state index in [1.165, 1.54) is 0 Å². The summed E-state index contributed by atoms with van der Waals surface area (Å²) in [5, 5.41) is 3.60. The van der Waals surface area contributed by atoms with Gasteiger partial charge in [0.15, 0.2) is 11.5 Å². The molecule has 0 aliphatic rings. The lowest BCUT2D eigenvalue weighted by molar-refractivity contribution is 0.0951. The number of aromatic nitrogens is 2. The molecule has 0 bridgehead atoms. The average Bonchev–Trinajstić information content (AvgIpc) is 2.87. The van der Waals surface area contributed by atoms with Crippen LogP contribution in [0.15, 0.2) is 79.3 Å². The van der Waals surface area contributed by atoms with Gasteiger partial charge in [-0.05, 0) is 42.0 Å². The molecule has 0 saturated carbocycles. The van der Waals surface area contributed by atoms with E-state index in [2.05, 4.69) is 15.3 Å². The molecule has 4 rings (SSSR count). The molecule has 0 radical (unpaired) electrons. The molecule has 166 valence electrons. The van der Waals surface area contributed by atoms with Gasteiger partial charge in [0.25, 0.3) is 5.91 Å². The first-order valence-corrected chi connectivity index (χ1v) is 10.6. The summed E-state index contributed by atoms with van der Waals surface area (Å²) in [5.74, 6) is 1.01. The summed E-state index contributed by atoms with van der Waals surface area (Å²) in [5.41, 5.74) is 4.36. The summed E-state index contributed by atoms with van der Waals surface area (Å²) >= 11 is 6.15. The first-order chi connectivity index (χ1) is 16.1. The lowest BCUT2D eigenvalue weighted by Crippen LogP contribution is -2.23. The summed E-state index contributed by atoms with van der Waals surface area (Å²) in [4.78, 5) is 22.1. The second-order valence-corrected chi connectivity index (χ2v) is 7.68. The Hall–Kier alpha value is -3.90. The van der Waals surface area contributed by atoms with Crippen LogP contribution in [0.3, 0.4) is 0 Å². The molecule has 33 heavy (non-hydrogen) atoms. The Morgan fingerprint density at radius 1 is 0.939 bits per heavy atom. The first-order valence-electron chi connectivity index (χ1n) is 10.2. The smallest absolute Gasteiger partial charge is 0.252 e. The Balaban J connectivity index is 1.66. The van der Waals surface area contributed by atoms with Gasteiger partial charge < -0.3 is 14.8 Å². The van der Waals surface area contributed by atoms with Crippen LogP contribution in [0.1, 0.15) is 15.9 Å². The van der Waals surface area contributed by atoms with Crippen molar-refractivity contribution in [2.45, 2.75) is 6.54 Å². The molecule has 0 atom stereocenters. The molecule has 2 aromatic heterocycles. The molecule has 0 aliphatic carbocycles. The predicted molar refractivity (Wildman–Crippen MR) is 129 cm³/mol. The zero-order chi connectivity index (χ0) is 23.2. The fourth-order valence-electron chi connectivity index (χ4n) is 3.47. The number of carbonyl (C=O) groups is 1. The number of hydrogen-bond acceptors (Lipinski definition) is 5. The highest BCUT2D eigenvalue weighted by atomic mass is 35.5. The van der Waals surface area contributed by atoms with Gasteiger partial charge in [0.1, 0.15) is 0 Å². The van der Waals surface area contributed by atoms with E-state index in [0.29, 0.717) is 39.9 Å². The van der Waals surface area contributed by atoms with Crippen LogP contribution in [0.5, 0.6) is 11.5 Å². The van der Waals surface area contributed by atoms with E-state index in [9.17, 15) is 4.79 Å². The van der Waals surface area contributed by atoms with Gasteiger partial charge >= 0.3 is 0 Å². The molecular weight excluding hydrogens is 438 g/mol. The van der Waals surface area contributed by atoms with Crippen LogP contribution >= 0.6 is 11.6 Å². The average molecular weight is 460 g/mol. The normalized spacial score (nSPS) is 10.5. The van der Waals surface area contributed by atoms with Crippen molar-refractivity contribution in [3.05, 3.63) is 95.4 Å². The molecule has 0 spiro atoms. The number of pyridine rings is 2. The minimum Gasteiger partial charge on any atom is -0.493 e. The maximum absolute atomic E-state index is 13.3. The third kappa shape index (κ3) is 5.13. The van der Waals surface area contributed by atoms with Crippen molar-refractivity contribution in [3.63, 3.8) is 0 Å². The monoisotopic (exact) mass is 459 g/mol. The molecule has 0 fully saturated rings. The van der Waals surface area contributed by atoms with Gasteiger partial charge in [-0.25, -0.2) is 0 Å². The lowest BCUT2D eigenvalue weighted by atomic mass is 10.00. The third-order valence-electron chi connectivity index (χ3n) is 5.14. The Morgan fingerprint density at radius 3 is 2.48 bits per heavy atom. The minimum atomic E-state index is -0.227. The molecule has 6 nitrogen and oxygen atoms in total. The van der Waals surface area contributed by atoms with Crippen LogP contribution < -0.4 is 14.8 Å². The largest absolute Gasteiger partial charge is 0.493 e. The van der Waals surface area contributed by atoms with Gasteiger partial charge in [0.05, 0.1) is 25.5 Å². The molecule has 0 unspecified atom stereocenters. The SMILES string of the molecule is COc1ccc(CNC(=O)c2cc(-c3cccc(Cl)c3)ncc2-c2cccnc2)cc1OC. The molecule has 1 amide bonds. The second kappa shape index (κ2) is 10.1. The highest BCUT2D eigenvalue weighted by Gasteiger charge is 2.16. The molecular formula is C26H22ClN3O3. The molecule has 7 heteroatoms. The summed E-state index contributed by atoms with van der Waals surface area (Å²) in [6.45, 7) is 0.320. The maximum atomic E-state index is 13.3. The highest BCUT2D eigenvalue weighted by molar-refractivity contribution is 6.30. The number of nitrogens with zero attached hydrogens (tertiary/aromatic N) is 2. The quantitative estimate of drug-likeness (QED) is 0.400. The Labute approximate surface area is 197 Å². The number of benzene rings is 2.